The van der Waals surface area contributed by atoms with Crippen molar-refractivity contribution in [3.05, 3.63) is 48.0 Å². The average molecular weight is 213 g/mol. The van der Waals surface area contributed by atoms with Crippen LogP contribution in [-0.2, 0) is 16.1 Å². The van der Waals surface area contributed by atoms with Crippen LogP contribution in [0.25, 0.3) is 0 Å². The Morgan fingerprint density at radius 1 is 0.938 bits per heavy atom. The van der Waals surface area contributed by atoms with Crippen LogP contribution in [-0.4, -0.2) is 16.7 Å². The average Bonchev–Trinajstić information content (AvgIpc) is 2.39. The highest BCUT2D eigenvalue weighted by Gasteiger charge is 2.48. The highest BCUT2D eigenvalue weighted by atomic mass is 16.2. The molecule has 0 unspecified atom stereocenters. The largest absolute Gasteiger partial charge is 0.277 e. The predicted octanol–water partition coefficient (Wildman–Crippen LogP) is 1.36. The zero-order valence-electron chi connectivity index (χ0n) is 8.67. The molecule has 0 saturated carbocycles. The maximum Gasteiger partial charge on any atom is 0.237 e. The van der Waals surface area contributed by atoms with Gasteiger partial charge in [-0.2, -0.15) is 0 Å². The number of nitrogens with zero attached hydrogens (tertiary/aromatic N) is 1. The maximum atomic E-state index is 11.8. The summed E-state index contributed by atoms with van der Waals surface area (Å²) in [5, 5.41) is 0. The van der Waals surface area contributed by atoms with E-state index in [1.165, 1.54) is 4.90 Å². The van der Waals surface area contributed by atoms with Gasteiger partial charge in [0.05, 0.1) is 18.4 Å². The number of amides is 2. The highest BCUT2D eigenvalue weighted by Crippen LogP contribution is 2.36. The summed E-state index contributed by atoms with van der Waals surface area (Å²) in [6.45, 7) is 0.396. The Hall–Kier alpha value is -1.90. The third kappa shape index (κ3) is 1.21. The fourth-order valence-electron chi connectivity index (χ4n) is 2.20. The minimum atomic E-state index is -0.184. The number of hydrogen-bond acceptors (Lipinski definition) is 2. The molecule has 2 aliphatic rings. The smallest absolute Gasteiger partial charge is 0.237 e. The van der Waals surface area contributed by atoms with Crippen molar-refractivity contribution in [2.24, 2.45) is 11.8 Å². The van der Waals surface area contributed by atoms with Crippen molar-refractivity contribution in [3.63, 3.8) is 0 Å². The lowest BCUT2D eigenvalue weighted by atomic mass is 9.85. The van der Waals surface area contributed by atoms with Crippen molar-refractivity contribution >= 4 is 11.8 Å². The molecule has 1 heterocycles. The zero-order valence-corrected chi connectivity index (χ0v) is 8.67. The standard InChI is InChI=1S/C13H11NO2/c15-12-10-6-7-11(10)13(16)14(12)8-9-4-2-1-3-5-9/h1-7,10-11H,8H2/t10-,11+. The van der Waals surface area contributed by atoms with Gasteiger partial charge in [0.25, 0.3) is 0 Å². The summed E-state index contributed by atoms with van der Waals surface area (Å²) in [5.41, 5.74) is 0.991. The molecule has 1 aliphatic carbocycles. The minimum Gasteiger partial charge on any atom is -0.277 e. The van der Waals surface area contributed by atoms with Crippen LogP contribution < -0.4 is 0 Å². The molecule has 0 spiro atoms. The third-order valence-electron chi connectivity index (χ3n) is 3.20. The summed E-state index contributed by atoms with van der Waals surface area (Å²) in [7, 11) is 0. The maximum absolute atomic E-state index is 11.8. The summed E-state index contributed by atoms with van der Waals surface area (Å²) in [5.74, 6) is -0.477. The highest BCUT2D eigenvalue weighted by molar-refractivity contribution is 6.08. The first-order valence-electron chi connectivity index (χ1n) is 5.35. The Kier molecular flexibility index (Phi) is 1.93. The van der Waals surface area contributed by atoms with E-state index in [-0.39, 0.29) is 23.7 Å². The summed E-state index contributed by atoms with van der Waals surface area (Å²) < 4.78 is 0. The Labute approximate surface area is 93.4 Å². The van der Waals surface area contributed by atoms with Crippen molar-refractivity contribution in [1.29, 1.82) is 0 Å². The topological polar surface area (TPSA) is 37.4 Å². The van der Waals surface area contributed by atoms with Gasteiger partial charge >= 0.3 is 0 Å². The Morgan fingerprint density at radius 3 is 2.00 bits per heavy atom. The predicted molar refractivity (Wildman–Crippen MR) is 58.1 cm³/mol. The number of hydrogen-bond donors (Lipinski definition) is 0. The van der Waals surface area contributed by atoms with E-state index in [0.717, 1.165) is 5.56 Å². The molecule has 0 aromatic heterocycles. The van der Waals surface area contributed by atoms with Gasteiger partial charge in [-0.05, 0) is 5.56 Å². The monoisotopic (exact) mass is 213 g/mol. The number of fused-ring (bicyclic) bond motifs is 1. The van der Waals surface area contributed by atoms with Crippen LogP contribution in [0.2, 0.25) is 0 Å². The van der Waals surface area contributed by atoms with Crippen molar-refractivity contribution in [1.82, 2.24) is 4.90 Å². The Balaban J connectivity index is 1.82. The number of imide groups is 1. The van der Waals surface area contributed by atoms with Crippen molar-refractivity contribution in [3.8, 4) is 0 Å². The lowest BCUT2D eigenvalue weighted by Crippen LogP contribution is -2.29. The minimum absolute atomic E-state index is 0.0543. The summed E-state index contributed by atoms with van der Waals surface area (Å²) in [6, 6.07) is 9.59. The van der Waals surface area contributed by atoms with Gasteiger partial charge in [-0.15, -0.1) is 0 Å². The van der Waals surface area contributed by atoms with Gasteiger partial charge < -0.3 is 0 Å². The molecule has 0 N–H and O–H groups in total. The fraction of sp³-hybridized carbons (Fsp3) is 0.231. The molecular formula is C13H11NO2. The van der Waals surface area contributed by atoms with Gasteiger partial charge in [0.2, 0.25) is 11.8 Å². The molecule has 1 aromatic rings. The molecule has 1 saturated heterocycles. The van der Waals surface area contributed by atoms with Gasteiger partial charge in [-0.25, -0.2) is 0 Å². The molecule has 3 nitrogen and oxygen atoms in total. The molecule has 1 fully saturated rings. The van der Waals surface area contributed by atoms with Crippen LogP contribution >= 0.6 is 0 Å². The van der Waals surface area contributed by atoms with Crippen LogP contribution in [0.1, 0.15) is 5.56 Å². The molecule has 0 radical (unpaired) electrons. The molecule has 2 amide bonds. The normalized spacial score (nSPS) is 26.9. The molecule has 3 rings (SSSR count). The summed E-state index contributed by atoms with van der Waals surface area (Å²) in [4.78, 5) is 25.0. The van der Waals surface area contributed by atoms with Crippen LogP contribution in [0.3, 0.4) is 0 Å². The van der Waals surface area contributed by atoms with E-state index in [4.69, 9.17) is 0 Å². The van der Waals surface area contributed by atoms with Crippen LogP contribution in [0.4, 0.5) is 0 Å². The lowest BCUT2D eigenvalue weighted by molar-refractivity contribution is -0.139. The second kappa shape index (κ2) is 3.30. The van der Waals surface area contributed by atoms with E-state index in [1.807, 2.05) is 42.5 Å². The van der Waals surface area contributed by atoms with E-state index in [1.54, 1.807) is 0 Å². The van der Waals surface area contributed by atoms with E-state index < -0.39 is 0 Å². The van der Waals surface area contributed by atoms with E-state index in [2.05, 4.69) is 0 Å². The first-order valence-corrected chi connectivity index (χ1v) is 5.35. The van der Waals surface area contributed by atoms with E-state index in [9.17, 15) is 9.59 Å². The first-order chi connectivity index (χ1) is 7.77. The third-order valence-corrected chi connectivity index (χ3v) is 3.20. The number of likely N-dealkylation sites (tertiary alicyclic amines) is 1. The van der Waals surface area contributed by atoms with Crippen molar-refractivity contribution < 1.29 is 9.59 Å². The molecule has 2 atom stereocenters. The van der Waals surface area contributed by atoms with E-state index in [0.29, 0.717) is 6.54 Å². The van der Waals surface area contributed by atoms with Gasteiger partial charge in [0.1, 0.15) is 0 Å². The Bertz CT molecular complexity index is 454. The number of carbonyl (C=O) groups excluding carboxylic acids is 2. The first kappa shape index (κ1) is 9.33. The molecular weight excluding hydrogens is 202 g/mol. The fourth-order valence-corrected chi connectivity index (χ4v) is 2.20. The second-order valence-electron chi connectivity index (χ2n) is 4.18. The summed E-state index contributed by atoms with van der Waals surface area (Å²) in [6.07, 6.45) is 3.63. The molecule has 0 bridgehead atoms. The Morgan fingerprint density at radius 2 is 1.50 bits per heavy atom. The van der Waals surface area contributed by atoms with Gasteiger partial charge in [-0.1, -0.05) is 42.5 Å². The zero-order chi connectivity index (χ0) is 11.1. The van der Waals surface area contributed by atoms with Crippen molar-refractivity contribution in [2.45, 2.75) is 6.54 Å². The van der Waals surface area contributed by atoms with Gasteiger partial charge in [-0.3, -0.25) is 14.5 Å². The van der Waals surface area contributed by atoms with E-state index >= 15 is 0 Å². The second-order valence-corrected chi connectivity index (χ2v) is 4.18. The molecule has 3 heteroatoms. The van der Waals surface area contributed by atoms with Crippen molar-refractivity contribution in [2.75, 3.05) is 0 Å². The van der Waals surface area contributed by atoms with Gasteiger partial charge in [0, 0.05) is 0 Å². The SMILES string of the molecule is O=C1[C@H]2C=C[C@H]2C(=O)N1Cc1ccccc1. The molecule has 1 aromatic carbocycles. The van der Waals surface area contributed by atoms with Crippen LogP contribution in [0.5, 0.6) is 0 Å². The number of carbonyl (C=O) groups is 2. The summed E-state index contributed by atoms with van der Waals surface area (Å²) >= 11 is 0. The molecule has 16 heavy (non-hydrogen) atoms. The van der Waals surface area contributed by atoms with Crippen LogP contribution in [0.15, 0.2) is 42.5 Å². The molecule has 1 aliphatic heterocycles. The van der Waals surface area contributed by atoms with Crippen LogP contribution in [0, 0.1) is 11.8 Å². The lowest BCUT2D eigenvalue weighted by Gasteiger charge is -2.14. The quantitative estimate of drug-likeness (QED) is 0.549. The van der Waals surface area contributed by atoms with Gasteiger partial charge in [0.15, 0.2) is 0 Å². The number of benzene rings is 1. The number of rotatable bonds is 2. The molecule has 80 valence electrons.